The van der Waals surface area contributed by atoms with Gasteiger partial charge in [0, 0.05) is 12.1 Å². The van der Waals surface area contributed by atoms with Crippen molar-refractivity contribution < 1.29 is 9.32 Å². The number of nitrogens with zero attached hydrogens (tertiary/aromatic N) is 4. The highest BCUT2D eigenvalue weighted by Gasteiger charge is 2.17. The second kappa shape index (κ2) is 5.57. The number of hydrogen-bond donors (Lipinski definition) is 1. The highest BCUT2D eigenvalue weighted by molar-refractivity contribution is 7.20. The Hall–Kier alpha value is -3.00. The molecule has 0 radical (unpaired) electrons. The fraction of sp³-hybridized carbons (Fsp3) is 0.125. The third kappa shape index (κ3) is 2.56. The number of rotatable bonds is 3. The van der Waals surface area contributed by atoms with Crippen molar-refractivity contribution in [2.75, 3.05) is 5.32 Å². The Morgan fingerprint density at radius 1 is 1.21 bits per heavy atom. The van der Waals surface area contributed by atoms with Gasteiger partial charge in [-0.3, -0.25) is 4.79 Å². The number of aryl methyl sites for hydroxylation is 2. The third-order valence-corrected chi connectivity index (χ3v) is 4.40. The summed E-state index contributed by atoms with van der Waals surface area (Å²) in [6.07, 6.45) is 0. The van der Waals surface area contributed by atoms with Crippen molar-refractivity contribution in [1.82, 2.24) is 19.9 Å². The van der Waals surface area contributed by atoms with Crippen LogP contribution in [0.3, 0.4) is 0 Å². The van der Waals surface area contributed by atoms with Gasteiger partial charge in [-0.05, 0) is 26.0 Å². The number of fused-ring (bicyclic) bond motifs is 1. The van der Waals surface area contributed by atoms with E-state index in [9.17, 15) is 4.79 Å². The first kappa shape index (κ1) is 14.6. The smallest absolute Gasteiger partial charge is 0.295 e. The van der Waals surface area contributed by atoms with Gasteiger partial charge in [-0.25, -0.2) is 4.98 Å². The number of benzene rings is 1. The van der Waals surface area contributed by atoms with Crippen molar-refractivity contribution in [1.29, 1.82) is 0 Å². The average Bonchev–Trinajstić information content (AvgIpc) is 3.25. The molecular weight excluding hydrogens is 326 g/mol. The van der Waals surface area contributed by atoms with Crippen LogP contribution in [0.2, 0.25) is 0 Å². The first-order valence-electron chi connectivity index (χ1n) is 7.27. The SMILES string of the molecule is Cc1cc(C(=O)Nc2cc(C)nn2-c2nc3ccccc3s2)on1. The van der Waals surface area contributed by atoms with Crippen LogP contribution in [0.4, 0.5) is 5.82 Å². The summed E-state index contributed by atoms with van der Waals surface area (Å²) in [4.78, 5) is 16.9. The van der Waals surface area contributed by atoms with Crippen molar-refractivity contribution in [3.63, 3.8) is 0 Å². The lowest BCUT2D eigenvalue weighted by Crippen LogP contribution is -2.14. The summed E-state index contributed by atoms with van der Waals surface area (Å²) in [5.74, 6) is 0.311. The highest BCUT2D eigenvalue weighted by atomic mass is 32.1. The summed E-state index contributed by atoms with van der Waals surface area (Å²) >= 11 is 1.51. The van der Waals surface area contributed by atoms with Crippen LogP contribution < -0.4 is 5.32 Å². The van der Waals surface area contributed by atoms with E-state index >= 15 is 0 Å². The molecular formula is C16H13N5O2S. The number of nitrogens with one attached hydrogen (secondary N) is 1. The van der Waals surface area contributed by atoms with E-state index in [1.807, 2.05) is 31.2 Å². The minimum Gasteiger partial charge on any atom is -0.351 e. The molecule has 8 heteroatoms. The van der Waals surface area contributed by atoms with Gasteiger partial charge in [0.25, 0.3) is 5.91 Å². The molecule has 0 unspecified atom stereocenters. The van der Waals surface area contributed by atoms with E-state index in [1.54, 1.807) is 23.7 Å². The summed E-state index contributed by atoms with van der Waals surface area (Å²) in [5.41, 5.74) is 2.32. The number of carbonyl (C=O) groups excluding carboxylic acids is 1. The lowest BCUT2D eigenvalue weighted by atomic mass is 10.3. The van der Waals surface area contributed by atoms with Crippen molar-refractivity contribution in [2.24, 2.45) is 0 Å². The van der Waals surface area contributed by atoms with Crippen LogP contribution in [-0.4, -0.2) is 25.8 Å². The van der Waals surface area contributed by atoms with Crippen LogP contribution in [0.25, 0.3) is 15.3 Å². The normalized spacial score (nSPS) is 11.1. The molecule has 24 heavy (non-hydrogen) atoms. The molecule has 0 aliphatic heterocycles. The molecule has 1 N–H and O–H groups in total. The van der Waals surface area contributed by atoms with Gasteiger partial charge in [0.2, 0.25) is 10.9 Å². The maximum atomic E-state index is 12.3. The van der Waals surface area contributed by atoms with E-state index in [4.69, 9.17) is 4.52 Å². The zero-order valence-corrected chi connectivity index (χ0v) is 13.8. The van der Waals surface area contributed by atoms with Crippen molar-refractivity contribution in [3.8, 4) is 5.13 Å². The van der Waals surface area contributed by atoms with Gasteiger partial charge in [-0.1, -0.05) is 28.6 Å². The number of anilines is 1. The monoisotopic (exact) mass is 339 g/mol. The number of hydrogen-bond acceptors (Lipinski definition) is 6. The first-order valence-corrected chi connectivity index (χ1v) is 8.09. The number of amides is 1. The molecule has 0 fully saturated rings. The summed E-state index contributed by atoms with van der Waals surface area (Å²) < 4.78 is 7.68. The van der Waals surface area contributed by atoms with Gasteiger partial charge in [-0.15, -0.1) is 0 Å². The average molecular weight is 339 g/mol. The Balaban J connectivity index is 1.71. The molecule has 120 valence electrons. The number of thiazole rings is 1. The fourth-order valence-corrected chi connectivity index (χ4v) is 3.26. The minimum atomic E-state index is -0.377. The summed E-state index contributed by atoms with van der Waals surface area (Å²) in [5, 5.41) is 11.6. The Bertz CT molecular complexity index is 1010. The van der Waals surface area contributed by atoms with Crippen LogP contribution in [-0.2, 0) is 0 Å². The fourth-order valence-electron chi connectivity index (χ4n) is 2.33. The van der Waals surface area contributed by atoms with Crippen molar-refractivity contribution >= 4 is 33.3 Å². The number of aromatic nitrogens is 4. The zero-order valence-electron chi connectivity index (χ0n) is 13.0. The predicted octanol–water partition coefficient (Wildman–Crippen LogP) is 3.34. The standard InChI is InChI=1S/C16H13N5O2S/c1-9-8-14(18-15(22)12-7-10(2)20-23-12)21(19-9)16-17-11-5-3-4-6-13(11)24-16/h3-8H,1-2H3,(H,18,22). The third-order valence-electron chi connectivity index (χ3n) is 3.39. The van der Waals surface area contributed by atoms with Crippen LogP contribution in [0.5, 0.6) is 0 Å². The van der Waals surface area contributed by atoms with Crippen molar-refractivity contribution in [2.45, 2.75) is 13.8 Å². The van der Waals surface area contributed by atoms with Gasteiger partial charge >= 0.3 is 0 Å². The van der Waals surface area contributed by atoms with E-state index in [0.29, 0.717) is 16.6 Å². The maximum absolute atomic E-state index is 12.3. The van der Waals surface area contributed by atoms with Crippen LogP contribution in [0.1, 0.15) is 21.9 Å². The van der Waals surface area contributed by atoms with Gasteiger partial charge in [0.1, 0.15) is 5.82 Å². The van der Waals surface area contributed by atoms with Gasteiger partial charge in [0.05, 0.1) is 21.6 Å². The summed E-state index contributed by atoms with van der Waals surface area (Å²) in [6.45, 7) is 3.62. The highest BCUT2D eigenvalue weighted by Crippen LogP contribution is 2.27. The second-order valence-corrected chi connectivity index (χ2v) is 6.34. The molecule has 0 atom stereocenters. The Kier molecular flexibility index (Phi) is 3.39. The molecule has 0 bridgehead atoms. The van der Waals surface area contributed by atoms with Crippen LogP contribution >= 0.6 is 11.3 Å². The summed E-state index contributed by atoms with van der Waals surface area (Å²) in [7, 11) is 0. The quantitative estimate of drug-likeness (QED) is 0.619. The lowest BCUT2D eigenvalue weighted by molar-refractivity contribution is 0.0987. The Labute approximate surface area is 140 Å². The molecule has 1 amide bonds. The van der Waals surface area contributed by atoms with E-state index < -0.39 is 0 Å². The molecule has 7 nitrogen and oxygen atoms in total. The zero-order chi connectivity index (χ0) is 16.7. The summed E-state index contributed by atoms with van der Waals surface area (Å²) in [6, 6.07) is 11.2. The van der Waals surface area contributed by atoms with Gasteiger partial charge < -0.3 is 9.84 Å². The molecule has 1 aromatic carbocycles. The molecule has 0 saturated heterocycles. The lowest BCUT2D eigenvalue weighted by Gasteiger charge is -2.04. The number of para-hydroxylation sites is 1. The Morgan fingerprint density at radius 2 is 2.04 bits per heavy atom. The second-order valence-electron chi connectivity index (χ2n) is 5.33. The van der Waals surface area contributed by atoms with Gasteiger partial charge in [0.15, 0.2) is 0 Å². The largest absolute Gasteiger partial charge is 0.351 e. The first-order chi connectivity index (χ1) is 11.6. The molecule has 4 aromatic rings. The maximum Gasteiger partial charge on any atom is 0.295 e. The van der Waals surface area contributed by atoms with E-state index in [0.717, 1.165) is 15.9 Å². The van der Waals surface area contributed by atoms with Crippen molar-refractivity contribution in [3.05, 3.63) is 53.5 Å². The molecule has 0 spiro atoms. The van der Waals surface area contributed by atoms with Crippen LogP contribution in [0, 0.1) is 13.8 Å². The molecule has 0 saturated carbocycles. The molecule has 0 aliphatic carbocycles. The van der Waals surface area contributed by atoms with E-state index in [1.165, 1.54) is 11.3 Å². The topological polar surface area (TPSA) is 85.8 Å². The van der Waals surface area contributed by atoms with E-state index in [2.05, 4.69) is 20.6 Å². The molecule has 3 heterocycles. The minimum absolute atomic E-state index is 0.155. The van der Waals surface area contributed by atoms with Crippen LogP contribution in [0.15, 0.2) is 40.9 Å². The molecule has 0 aliphatic rings. The molecule has 3 aromatic heterocycles. The molecule has 4 rings (SSSR count). The van der Waals surface area contributed by atoms with E-state index in [-0.39, 0.29) is 11.7 Å². The number of carbonyl (C=O) groups is 1. The Morgan fingerprint density at radius 3 is 2.79 bits per heavy atom. The van der Waals surface area contributed by atoms with Gasteiger partial charge in [-0.2, -0.15) is 9.78 Å². The predicted molar refractivity (Wildman–Crippen MR) is 90.7 cm³/mol.